The van der Waals surface area contributed by atoms with Gasteiger partial charge in [0, 0.05) is 17.8 Å². The number of pyridine rings is 1. The largest absolute Gasteiger partial charge is 0.439 e. The number of nitrogens with zero attached hydrogens (tertiary/aromatic N) is 1. The van der Waals surface area contributed by atoms with Gasteiger partial charge in [0.05, 0.1) is 11.6 Å². The Kier molecular flexibility index (Phi) is 3.79. The topological polar surface area (TPSA) is 42.4 Å². The van der Waals surface area contributed by atoms with Gasteiger partial charge >= 0.3 is 0 Å². The van der Waals surface area contributed by atoms with E-state index >= 15 is 0 Å². The van der Waals surface area contributed by atoms with Crippen LogP contribution in [0.15, 0.2) is 30.3 Å². The molecule has 2 aromatic rings. The SMILES string of the molecule is Cc1cc(CO)cc(Oc2ccc(F)c(Cl)c2)n1. The third-order valence-corrected chi connectivity index (χ3v) is 2.58. The lowest BCUT2D eigenvalue weighted by atomic mass is 10.2. The zero-order chi connectivity index (χ0) is 13.1. The van der Waals surface area contributed by atoms with Gasteiger partial charge in [-0.2, -0.15) is 0 Å². The van der Waals surface area contributed by atoms with E-state index in [0.717, 1.165) is 5.69 Å². The molecule has 1 N–H and O–H groups in total. The number of benzene rings is 1. The van der Waals surface area contributed by atoms with Crippen LogP contribution in [0.4, 0.5) is 4.39 Å². The van der Waals surface area contributed by atoms with Gasteiger partial charge in [0.2, 0.25) is 5.88 Å². The molecule has 0 saturated heterocycles. The van der Waals surface area contributed by atoms with Gasteiger partial charge in [0.15, 0.2) is 0 Å². The average molecular weight is 268 g/mol. The molecule has 0 aliphatic carbocycles. The molecule has 0 aliphatic heterocycles. The summed E-state index contributed by atoms with van der Waals surface area (Å²) in [7, 11) is 0. The molecule has 18 heavy (non-hydrogen) atoms. The van der Waals surface area contributed by atoms with Gasteiger partial charge in [-0.1, -0.05) is 11.6 Å². The van der Waals surface area contributed by atoms with Crippen LogP contribution in [0.3, 0.4) is 0 Å². The van der Waals surface area contributed by atoms with Gasteiger partial charge in [0.25, 0.3) is 0 Å². The number of hydrogen-bond donors (Lipinski definition) is 1. The summed E-state index contributed by atoms with van der Waals surface area (Å²) < 4.78 is 18.4. The molecule has 1 heterocycles. The van der Waals surface area contributed by atoms with E-state index < -0.39 is 5.82 Å². The van der Waals surface area contributed by atoms with E-state index in [1.165, 1.54) is 18.2 Å². The molecule has 2 rings (SSSR count). The molecule has 1 aromatic heterocycles. The molecule has 0 bridgehead atoms. The Bertz CT molecular complexity index is 575. The van der Waals surface area contributed by atoms with Crippen molar-refractivity contribution in [2.75, 3.05) is 0 Å². The Labute approximate surface area is 109 Å². The predicted octanol–water partition coefficient (Wildman–Crippen LogP) is 3.47. The highest BCUT2D eigenvalue weighted by Gasteiger charge is 2.05. The Balaban J connectivity index is 2.27. The minimum atomic E-state index is -0.503. The number of aryl methyl sites for hydroxylation is 1. The standard InChI is InChI=1S/C13H11ClFNO2/c1-8-4-9(7-17)5-13(16-8)18-10-2-3-12(15)11(14)6-10/h2-6,17H,7H2,1H3. The first-order valence-electron chi connectivity index (χ1n) is 5.30. The lowest BCUT2D eigenvalue weighted by Gasteiger charge is -2.07. The predicted molar refractivity (Wildman–Crippen MR) is 66.4 cm³/mol. The Morgan fingerprint density at radius 3 is 2.78 bits per heavy atom. The van der Waals surface area contributed by atoms with Crippen LogP contribution in [0.2, 0.25) is 5.02 Å². The summed E-state index contributed by atoms with van der Waals surface area (Å²) in [4.78, 5) is 4.16. The Hall–Kier alpha value is -1.65. The van der Waals surface area contributed by atoms with Crippen molar-refractivity contribution in [1.82, 2.24) is 4.98 Å². The van der Waals surface area contributed by atoms with Crippen molar-refractivity contribution in [1.29, 1.82) is 0 Å². The van der Waals surface area contributed by atoms with Gasteiger partial charge in [0.1, 0.15) is 11.6 Å². The van der Waals surface area contributed by atoms with Crippen molar-refractivity contribution in [2.24, 2.45) is 0 Å². The van der Waals surface area contributed by atoms with Gasteiger partial charge < -0.3 is 9.84 Å². The number of ether oxygens (including phenoxy) is 1. The minimum absolute atomic E-state index is 0.0115. The lowest BCUT2D eigenvalue weighted by Crippen LogP contribution is -1.94. The van der Waals surface area contributed by atoms with Crippen molar-refractivity contribution in [3.05, 3.63) is 52.4 Å². The molecule has 0 saturated carbocycles. The molecular weight excluding hydrogens is 257 g/mol. The molecule has 5 heteroatoms. The summed E-state index contributed by atoms with van der Waals surface area (Å²) in [6, 6.07) is 7.43. The van der Waals surface area contributed by atoms with Crippen LogP contribution in [0.5, 0.6) is 11.6 Å². The normalized spacial score (nSPS) is 10.4. The smallest absolute Gasteiger partial charge is 0.219 e. The average Bonchev–Trinajstić information content (AvgIpc) is 2.33. The van der Waals surface area contributed by atoms with E-state index in [1.807, 2.05) is 0 Å². The highest BCUT2D eigenvalue weighted by Crippen LogP contribution is 2.25. The van der Waals surface area contributed by atoms with Crippen molar-refractivity contribution in [3.8, 4) is 11.6 Å². The second-order valence-corrected chi connectivity index (χ2v) is 4.20. The molecule has 0 unspecified atom stereocenters. The molecule has 0 amide bonds. The highest BCUT2D eigenvalue weighted by atomic mass is 35.5. The molecule has 3 nitrogen and oxygen atoms in total. The first-order chi connectivity index (χ1) is 8.58. The van der Waals surface area contributed by atoms with Crippen molar-refractivity contribution >= 4 is 11.6 Å². The summed E-state index contributed by atoms with van der Waals surface area (Å²) in [5, 5.41) is 9.07. The summed E-state index contributed by atoms with van der Waals surface area (Å²) in [6.45, 7) is 1.70. The van der Waals surface area contributed by atoms with E-state index in [1.54, 1.807) is 19.1 Å². The molecule has 0 spiro atoms. The maximum absolute atomic E-state index is 13.0. The van der Waals surface area contributed by atoms with Gasteiger partial charge in [-0.05, 0) is 30.7 Å². The first-order valence-corrected chi connectivity index (χ1v) is 5.67. The fourth-order valence-electron chi connectivity index (χ4n) is 1.51. The van der Waals surface area contributed by atoms with Crippen LogP contribution in [0.1, 0.15) is 11.3 Å². The summed E-state index contributed by atoms with van der Waals surface area (Å²) in [5.74, 6) is 0.224. The van der Waals surface area contributed by atoms with Crippen LogP contribution in [-0.2, 0) is 6.61 Å². The lowest BCUT2D eigenvalue weighted by molar-refractivity contribution is 0.281. The van der Waals surface area contributed by atoms with E-state index in [4.69, 9.17) is 21.4 Å². The third-order valence-electron chi connectivity index (χ3n) is 2.29. The monoisotopic (exact) mass is 267 g/mol. The number of aromatic nitrogens is 1. The number of rotatable bonds is 3. The summed E-state index contributed by atoms with van der Waals surface area (Å²) >= 11 is 5.65. The Morgan fingerprint density at radius 2 is 2.11 bits per heavy atom. The second kappa shape index (κ2) is 5.33. The molecular formula is C13H11ClFNO2. The third kappa shape index (κ3) is 2.97. The van der Waals surface area contributed by atoms with Gasteiger partial charge in [-0.25, -0.2) is 9.37 Å². The maximum atomic E-state index is 13.0. The van der Waals surface area contributed by atoms with E-state index in [9.17, 15) is 4.39 Å². The van der Waals surface area contributed by atoms with Crippen LogP contribution < -0.4 is 4.74 Å². The van der Waals surface area contributed by atoms with E-state index in [-0.39, 0.29) is 11.6 Å². The van der Waals surface area contributed by atoms with Gasteiger partial charge in [-0.15, -0.1) is 0 Å². The van der Waals surface area contributed by atoms with Crippen molar-refractivity contribution in [3.63, 3.8) is 0 Å². The molecule has 0 fully saturated rings. The second-order valence-electron chi connectivity index (χ2n) is 3.79. The molecule has 0 radical (unpaired) electrons. The number of aliphatic hydroxyl groups is 1. The van der Waals surface area contributed by atoms with Crippen LogP contribution >= 0.6 is 11.6 Å². The molecule has 0 aliphatic rings. The Morgan fingerprint density at radius 1 is 1.33 bits per heavy atom. The number of halogens is 2. The number of hydrogen-bond acceptors (Lipinski definition) is 3. The van der Waals surface area contributed by atoms with E-state index in [2.05, 4.69) is 4.98 Å². The van der Waals surface area contributed by atoms with Crippen molar-refractivity contribution < 1.29 is 14.2 Å². The summed E-state index contributed by atoms with van der Waals surface area (Å²) in [5.41, 5.74) is 1.43. The molecule has 94 valence electrons. The quantitative estimate of drug-likeness (QED) is 0.926. The fourth-order valence-corrected chi connectivity index (χ4v) is 1.68. The minimum Gasteiger partial charge on any atom is -0.439 e. The zero-order valence-corrected chi connectivity index (χ0v) is 10.4. The van der Waals surface area contributed by atoms with Gasteiger partial charge in [-0.3, -0.25) is 0 Å². The first kappa shape index (κ1) is 12.8. The van der Waals surface area contributed by atoms with E-state index in [0.29, 0.717) is 17.2 Å². The highest BCUT2D eigenvalue weighted by molar-refractivity contribution is 6.30. The maximum Gasteiger partial charge on any atom is 0.219 e. The number of aliphatic hydroxyl groups excluding tert-OH is 1. The summed E-state index contributed by atoms with van der Waals surface area (Å²) in [6.07, 6.45) is 0. The zero-order valence-electron chi connectivity index (χ0n) is 9.65. The van der Waals surface area contributed by atoms with Crippen LogP contribution in [0.25, 0.3) is 0 Å². The van der Waals surface area contributed by atoms with Crippen molar-refractivity contribution in [2.45, 2.75) is 13.5 Å². The van der Waals surface area contributed by atoms with Crippen LogP contribution in [-0.4, -0.2) is 10.1 Å². The van der Waals surface area contributed by atoms with Crippen LogP contribution in [0, 0.1) is 12.7 Å². The molecule has 0 atom stereocenters. The fraction of sp³-hybridized carbons (Fsp3) is 0.154. The molecule has 1 aromatic carbocycles.